The van der Waals surface area contributed by atoms with E-state index in [1.165, 1.54) is 17.8 Å². The summed E-state index contributed by atoms with van der Waals surface area (Å²) in [5.74, 6) is 1.16. The monoisotopic (exact) mass is 299 g/mol. The molecule has 1 aliphatic heterocycles. The molecular weight excluding hydrogens is 286 g/mol. The first-order valence-electron chi connectivity index (χ1n) is 6.40. The second kappa shape index (κ2) is 6.37. The van der Waals surface area contributed by atoms with Crippen molar-refractivity contribution in [3.05, 3.63) is 60.0 Å². The number of anilines is 1. The quantitative estimate of drug-likeness (QED) is 0.691. The van der Waals surface area contributed by atoms with E-state index >= 15 is 0 Å². The van der Waals surface area contributed by atoms with Crippen LogP contribution in [0.5, 0.6) is 11.5 Å². The minimum Gasteiger partial charge on any atom is -0.454 e. The van der Waals surface area contributed by atoms with Crippen LogP contribution in [0.15, 0.2) is 64.9 Å². The molecule has 2 aromatic carbocycles. The Morgan fingerprint density at radius 2 is 1.90 bits per heavy atom. The molecule has 2 aromatic rings. The smallest absolute Gasteiger partial charge is 0.248 e. The summed E-state index contributed by atoms with van der Waals surface area (Å²) < 4.78 is 10.5. The maximum atomic E-state index is 11.8. The van der Waals surface area contributed by atoms with Crippen LogP contribution in [-0.2, 0) is 4.79 Å². The molecule has 0 saturated carbocycles. The van der Waals surface area contributed by atoms with Crippen LogP contribution in [0.2, 0.25) is 0 Å². The summed E-state index contributed by atoms with van der Waals surface area (Å²) in [5, 5.41) is 4.54. The van der Waals surface area contributed by atoms with Gasteiger partial charge in [0.1, 0.15) is 0 Å². The van der Waals surface area contributed by atoms with Gasteiger partial charge in [-0.1, -0.05) is 30.0 Å². The number of ether oxygens (including phenoxy) is 2. The third-order valence-corrected chi connectivity index (χ3v) is 3.62. The van der Waals surface area contributed by atoms with E-state index in [2.05, 4.69) is 5.32 Å². The summed E-state index contributed by atoms with van der Waals surface area (Å²) >= 11 is 1.49. The minimum atomic E-state index is -0.183. The van der Waals surface area contributed by atoms with E-state index in [0.29, 0.717) is 17.2 Å². The Kier molecular flexibility index (Phi) is 4.12. The van der Waals surface area contributed by atoms with Crippen molar-refractivity contribution in [3.8, 4) is 11.5 Å². The predicted octanol–water partition coefficient (Wildman–Crippen LogP) is 3.66. The molecular formula is C16H13NO3S. The minimum absolute atomic E-state index is 0.183. The van der Waals surface area contributed by atoms with Crippen molar-refractivity contribution in [2.24, 2.45) is 0 Å². The van der Waals surface area contributed by atoms with Crippen LogP contribution in [0.3, 0.4) is 0 Å². The van der Waals surface area contributed by atoms with Crippen LogP contribution < -0.4 is 14.8 Å². The highest BCUT2D eigenvalue weighted by Gasteiger charge is 2.13. The highest BCUT2D eigenvalue weighted by Crippen LogP contribution is 2.34. The standard InChI is InChI=1S/C16H13NO3S/c18-16(8-9-21-13-4-2-1-3-5-13)17-12-6-7-14-15(10-12)20-11-19-14/h1-10H,11H2,(H,17,18)/b9-8+. The second-order valence-electron chi connectivity index (χ2n) is 4.29. The average Bonchev–Trinajstić information content (AvgIpc) is 2.96. The zero-order valence-electron chi connectivity index (χ0n) is 11.1. The van der Waals surface area contributed by atoms with Gasteiger partial charge in [0.25, 0.3) is 0 Å². The molecule has 21 heavy (non-hydrogen) atoms. The van der Waals surface area contributed by atoms with Gasteiger partial charge < -0.3 is 14.8 Å². The van der Waals surface area contributed by atoms with E-state index in [4.69, 9.17) is 9.47 Å². The number of nitrogens with one attached hydrogen (secondary N) is 1. The summed E-state index contributed by atoms with van der Waals surface area (Å²) in [6, 6.07) is 15.2. The van der Waals surface area contributed by atoms with E-state index in [0.717, 1.165) is 4.90 Å². The summed E-state index contributed by atoms with van der Waals surface area (Å²) in [5.41, 5.74) is 0.679. The average molecular weight is 299 g/mol. The summed E-state index contributed by atoms with van der Waals surface area (Å²) in [6.45, 7) is 0.223. The molecule has 0 bridgehead atoms. The lowest BCUT2D eigenvalue weighted by atomic mass is 10.3. The molecule has 4 nitrogen and oxygen atoms in total. The van der Waals surface area contributed by atoms with Crippen LogP contribution in [-0.4, -0.2) is 12.7 Å². The number of benzene rings is 2. The van der Waals surface area contributed by atoms with E-state index in [1.807, 2.05) is 30.3 Å². The number of hydrogen-bond donors (Lipinski definition) is 1. The summed E-state index contributed by atoms with van der Waals surface area (Å²) in [4.78, 5) is 12.9. The lowest BCUT2D eigenvalue weighted by Gasteiger charge is -2.03. The molecule has 1 N–H and O–H groups in total. The molecule has 1 aliphatic rings. The number of hydrogen-bond acceptors (Lipinski definition) is 4. The fourth-order valence-electron chi connectivity index (χ4n) is 1.83. The highest BCUT2D eigenvalue weighted by atomic mass is 32.2. The van der Waals surface area contributed by atoms with E-state index in [9.17, 15) is 4.79 Å². The zero-order chi connectivity index (χ0) is 14.5. The van der Waals surface area contributed by atoms with Gasteiger partial charge in [0, 0.05) is 22.7 Å². The third kappa shape index (κ3) is 3.58. The Morgan fingerprint density at radius 1 is 1.10 bits per heavy atom. The lowest BCUT2D eigenvalue weighted by Crippen LogP contribution is -2.07. The van der Waals surface area contributed by atoms with Gasteiger partial charge in [-0.25, -0.2) is 0 Å². The number of amides is 1. The largest absolute Gasteiger partial charge is 0.454 e. The van der Waals surface area contributed by atoms with Gasteiger partial charge in [-0.15, -0.1) is 0 Å². The van der Waals surface area contributed by atoms with Gasteiger partial charge in [-0.2, -0.15) is 0 Å². The number of rotatable bonds is 4. The molecule has 0 saturated heterocycles. The van der Waals surface area contributed by atoms with Crippen LogP contribution in [0, 0.1) is 0 Å². The molecule has 106 valence electrons. The fourth-order valence-corrected chi connectivity index (χ4v) is 2.49. The Balaban J connectivity index is 1.56. The Morgan fingerprint density at radius 3 is 2.76 bits per heavy atom. The van der Waals surface area contributed by atoms with E-state index < -0.39 is 0 Å². The predicted molar refractivity (Wildman–Crippen MR) is 82.6 cm³/mol. The second-order valence-corrected chi connectivity index (χ2v) is 5.27. The molecule has 1 amide bonds. The van der Waals surface area contributed by atoms with Crippen molar-refractivity contribution in [2.45, 2.75) is 4.90 Å². The highest BCUT2D eigenvalue weighted by molar-refractivity contribution is 8.02. The van der Waals surface area contributed by atoms with Crippen molar-refractivity contribution in [2.75, 3.05) is 12.1 Å². The molecule has 0 atom stereocenters. The van der Waals surface area contributed by atoms with Gasteiger partial charge in [0.2, 0.25) is 12.7 Å². The van der Waals surface area contributed by atoms with Crippen LogP contribution >= 0.6 is 11.8 Å². The third-order valence-electron chi connectivity index (χ3n) is 2.81. The topological polar surface area (TPSA) is 47.6 Å². The normalized spacial score (nSPS) is 12.6. The van der Waals surface area contributed by atoms with Gasteiger partial charge in [-0.3, -0.25) is 4.79 Å². The van der Waals surface area contributed by atoms with E-state index in [1.54, 1.807) is 23.6 Å². The first-order chi connectivity index (χ1) is 10.3. The molecule has 0 aliphatic carbocycles. The first-order valence-corrected chi connectivity index (χ1v) is 7.28. The fraction of sp³-hybridized carbons (Fsp3) is 0.0625. The SMILES string of the molecule is O=C(/C=C/Sc1ccccc1)Nc1ccc2c(c1)OCO2. The molecule has 1 heterocycles. The van der Waals surface area contributed by atoms with Gasteiger partial charge in [0.15, 0.2) is 11.5 Å². The maximum Gasteiger partial charge on any atom is 0.248 e. The molecule has 0 unspecified atom stereocenters. The molecule has 0 fully saturated rings. The van der Waals surface area contributed by atoms with Crippen molar-refractivity contribution in [1.82, 2.24) is 0 Å². The van der Waals surface area contributed by atoms with E-state index in [-0.39, 0.29) is 12.7 Å². The maximum absolute atomic E-state index is 11.8. The van der Waals surface area contributed by atoms with Gasteiger partial charge in [0.05, 0.1) is 0 Å². The van der Waals surface area contributed by atoms with Crippen molar-refractivity contribution < 1.29 is 14.3 Å². The Hall–Kier alpha value is -2.40. The number of thioether (sulfide) groups is 1. The van der Waals surface area contributed by atoms with Crippen LogP contribution in [0.25, 0.3) is 0 Å². The first kappa shape index (κ1) is 13.6. The Bertz CT molecular complexity index is 670. The number of fused-ring (bicyclic) bond motifs is 1. The molecule has 0 aromatic heterocycles. The van der Waals surface area contributed by atoms with Crippen molar-refractivity contribution in [3.63, 3.8) is 0 Å². The number of carbonyl (C=O) groups is 1. The van der Waals surface area contributed by atoms with Crippen molar-refractivity contribution >= 4 is 23.4 Å². The molecule has 0 spiro atoms. The lowest BCUT2D eigenvalue weighted by molar-refractivity contribution is -0.111. The molecule has 0 radical (unpaired) electrons. The number of carbonyl (C=O) groups excluding carboxylic acids is 1. The van der Waals surface area contributed by atoms with Crippen LogP contribution in [0.1, 0.15) is 0 Å². The molecule has 3 rings (SSSR count). The van der Waals surface area contributed by atoms with Crippen LogP contribution in [0.4, 0.5) is 5.69 Å². The van der Waals surface area contributed by atoms with Gasteiger partial charge >= 0.3 is 0 Å². The summed E-state index contributed by atoms with van der Waals surface area (Å²) in [6.07, 6.45) is 1.50. The molecule has 5 heteroatoms. The van der Waals surface area contributed by atoms with Crippen molar-refractivity contribution in [1.29, 1.82) is 0 Å². The zero-order valence-corrected chi connectivity index (χ0v) is 11.9. The van der Waals surface area contributed by atoms with Gasteiger partial charge in [-0.05, 0) is 29.7 Å². The summed E-state index contributed by atoms with van der Waals surface area (Å²) in [7, 11) is 0. The Labute approximate surface area is 126 Å².